The smallest absolute Gasteiger partial charge is 0.166 e. The normalized spacial score (nSPS) is 41.8. The van der Waals surface area contributed by atoms with Gasteiger partial charge in [0.1, 0.15) is 5.60 Å². The quantitative estimate of drug-likeness (QED) is 0.405. The first kappa shape index (κ1) is 24.8. The number of fused-ring (bicyclic) bond motifs is 3. The van der Waals surface area contributed by atoms with Crippen LogP contribution in [-0.4, -0.2) is 17.5 Å². The second-order valence-electron chi connectivity index (χ2n) is 14.2. The summed E-state index contributed by atoms with van der Waals surface area (Å²) >= 11 is 0. The van der Waals surface area contributed by atoms with Crippen molar-refractivity contribution in [3.63, 3.8) is 0 Å². The van der Waals surface area contributed by atoms with Crippen molar-refractivity contribution >= 4 is 11.4 Å². The molecule has 0 radical (unpaired) electrons. The molecule has 0 amide bonds. The number of ether oxygens (including phenoxy) is 1. The Morgan fingerprint density at radius 2 is 1.63 bits per heavy atom. The third kappa shape index (κ3) is 3.51. The second kappa shape index (κ2) is 8.91. The predicted octanol–water partition coefficient (Wildman–Crippen LogP) is 8.50. The van der Waals surface area contributed by atoms with Crippen molar-refractivity contribution in [2.45, 2.75) is 90.3 Å². The minimum Gasteiger partial charge on any atom is -0.363 e. The van der Waals surface area contributed by atoms with Crippen LogP contribution < -0.4 is 0 Å². The highest BCUT2D eigenvalue weighted by atomic mass is 16.5. The molecule has 4 saturated carbocycles. The molecule has 2 heteroatoms. The highest BCUT2D eigenvalue weighted by Gasteiger charge is 2.74. The first-order chi connectivity index (χ1) is 18.3. The zero-order valence-corrected chi connectivity index (χ0v) is 23.5. The Morgan fingerprint density at radius 1 is 0.947 bits per heavy atom. The van der Waals surface area contributed by atoms with Crippen LogP contribution in [0.5, 0.6) is 0 Å². The molecule has 0 unspecified atom stereocenters. The van der Waals surface area contributed by atoms with Gasteiger partial charge in [-0.15, -0.1) is 0 Å². The molecule has 2 saturated heterocycles. The van der Waals surface area contributed by atoms with Crippen molar-refractivity contribution in [1.82, 2.24) is 0 Å². The number of carbonyl (C=O) groups excluding carboxylic acids is 1. The molecule has 38 heavy (non-hydrogen) atoms. The fourth-order valence-corrected chi connectivity index (χ4v) is 10.3. The van der Waals surface area contributed by atoms with Crippen molar-refractivity contribution < 1.29 is 9.53 Å². The number of hydrogen-bond donors (Lipinski definition) is 0. The van der Waals surface area contributed by atoms with Gasteiger partial charge in [0.25, 0.3) is 0 Å². The molecule has 0 aromatic heterocycles. The monoisotopic (exact) mass is 508 g/mol. The number of carbonyl (C=O) groups is 1. The van der Waals surface area contributed by atoms with Crippen LogP contribution in [0.15, 0.2) is 66.7 Å². The highest BCUT2D eigenvalue weighted by molar-refractivity contribution is 5.91. The van der Waals surface area contributed by atoms with Crippen LogP contribution in [0.4, 0.5) is 0 Å². The maximum atomic E-state index is 14.2. The molecule has 1 spiro atoms. The first-order valence-corrected chi connectivity index (χ1v) is 15.4. The van der Waals surface area contributed by atoms with E-state index < -0.39 is 5.60 Å². The van der Waals surface area contributed by atoms with Crippen molar-refractivity contribution in [3.8, 4) is 0 Å². The predicted molar refractivity (Wildman–Crippen MR) is 153 cm³/mol. The van der Waals surface area contributed by atoms with Crippen molar-refractivity contribution in [2.24, 2.45) is 40.4 Å². The summed E-state index contributed by atoms with van der Waals surface area (Å²) in [6.07, 6.45) is 13.2. The van der Waals surface area contributed by atoms with Crippen LogP contribution in [0.2, 0.25) is 0 Å². The molecule has 8 rings (SSSR count). The van der Waals surface area contributed by atoms with Gasteiger partial charge in [-0.3, -0.25) is 4.79 Å². The average molecular weight is 509 g/mol. The SMILES string of the molecule is C[C@@H](CC=C(c1ccccc1)c1ccccc1)[C@@H]1C[C@@H]2[C@H]3CC[C@@H]4C[C@H]5CC[C@@]4(C)[C@]3(O5)C(=O)C[C@]2(C)C1. The third-order valence-electron chi connectivity index (χ3n) is 12.3. The number of Topliss-reactive ketones (excluding diaryl/α,β-unsaturated/α-hetero) is 1. The van der Waals surface area contributed by atoms with Crippen molar-refractivity contribution in [3.05, 3.63) is 77.9 Å². The summed E-state index contributed by atoms with van der Waals surface area (Å²) in [7, 11) is 0. The summed E-state index contributed by atoms with van der Waals surface area (Å²) in [5.74, 6) is 3.48. The molecule has 4 aliphatic carbocycles. The fourth-order valence-electron chi connectivity index (χ4n) is 10.3. The van der Waals surface area contributed by atoms with Crippen LogP contribution >= 0.6 is 0 Å². The van der Waals surface area contributed by atoms with Crippen LogP contribution in [-0.2, 0) is 9.53 Å². The van der Waals surface area contributed by atoms with Gasteiger partial charge in [-0.2, -0.15) is 0 Å². The third-order valence-corrected chi connectivity index (χ3v) is 12.3. The van der Waals surface area contributed by atoms with E-state index in [9.17, 15) is 4.79 Å². The van der Waals surface area contributed by atoms with Gasteiger partial charge in [0, 0.05) is 11.8 Å². The van der Waals surface area contributed by atoms with E-state index in [-0.39, 0.29) is 10.8 Å². The molecular formula is C36H44O2. The number of rotatable bonds is 5. The van der Waals surface area contributed by atoms with Gasteiger partial charge in [-0.25, -0.2) is 0 Å². The molecule has 6 fully saturated rings. The first-order valence-electron chi connectivity index (χ1n) is 15.4. The minimum absolute atomic E-state index is 0.0653. The van der Waals surface area contributed by atoms with E-state index in [4.69, 9.17) is 4.74 Å². The number of benzene rings is 2. The summed E-state index contributed by atoms with van der Waals surface area (Å²) in [6.45, 7) is 7.36. The summed E-state index contributed by atoms with van der Waals surface area (Å²) in [4.78, 5) is 14.2. The molecule has 2 aromatic carbocycles. The molecule has 200 valence electrons. The van der Waals surface area contributed by atoms with Crippen LogP contribution in [0.1, 0.15) is 89.7 Å². The van der Waals surface area contributed by atoms with E-state index in [1.807, 2.05) is 0 Å². The standard InChI is InChI=1S/C36H44O2/c1-24(14-16-30(25-10-6-4-7-11-25)26-12-8-5-9-13-26)27-20-32-31-17-15-28-21-29-18-19-35(28,3)36(31,38-29)33(37)23-34(32,2)22-27/h4-13,16,24,27-29,31-32H,14-15,17-23H2,1-3H3/t24-,27+,28+,29+,31+,32+,34-,35+,36+/m0/s1. The van der Waals surface area contributed by atoms with E-state index >= 15 is 0 Å². The van der Waals surface area contributed by atoms with Gasteiger partial charge < -0.3 is 4.74 Å². The molecular weight excluding hydrogens is 464 g/mol. The molecule has 6 aliphatic rings. The highest BCUT2D eigenvalue weighted by Crippen LogP contribution is 2.72. The Hall–Kier alpha value is -2.19. The lowest BCUT2D eigenvalue weighted by Gasteiger charge is -2.70. The number of ketones is 1. The molecule has 2 heterocycles. The van der Waals surface area contributed by atoms with Gasteiger partial charge >= 0.3 is 0 Å². The summed E-state index contributed by atoms with van der Waals surface area (Å²) in [6, 6.07) is 21.7. The summed E-state index contributed by atoms with van der Waals surface area (Å²) in [5.41, 5.74) is 3.65. The molecule has 4 bridgehead atoms. The van der Waals surface area contributed by atoms with Gasteiger partial charge in [0.05, 0.1) is 6.10 Å². The van der Waals surface area contributed by atoms with Gasteiger partial charge in [-0.1, -0.05) is 87.5 Å². The van der Waals surface area contributed by atoms with Gasteiger partial charge in [-0.05, 0) is 103 Å². The fraction of sp³-hybridized carbons (Fsp3) is 0.583. The molecule has 2 nitrogen and oxygen atoms in total. The summed E-state index contributed by atoms with van der Waals surface area (Å²) < 4.78 is 6.93. The maximum absolute atomic E-state index is 14.2. The Labute approximate surface area is 229 Å². The van der Waals surface area contributed by atoms with Gasteiger partial charge in [0.2, 0.25) is 0 Å². The second-order valence-corrected chi connectivity index (χ2v) is 14.2. The Morgan fingerprint density at radius 3 is 2.32 bits per heavy atom. The number of allylic oxidation sites excluding steroid dienone is 1. The van der Waals surface area contributed by atoms with E-state index in [1.165, 1.54) is 55.2 Å². The van der Waals surface area contributed by atoms with E-state index in [0.717, 1.165) is 19.3 Å². The Kier molecular flexibility index (Phi) is 5.82. The van der Waals surface area contributed by atoms with Crippen LogP contribution in [0.25, 0.3) is 5.57 Å². The van der Waals surface area contributed by atoms with E-state index in [2.05, 4.69) is 87.5 Å². The lowest BCUT2D eigenvalue weighted by Crippen LogP contribution is -2.74. The average Bonchev–Trinajstić information content (AvgIpc) is 3.27. The topological polar surface area (TPSA) is 26.3 Å². The van der Waals surface area contributed by atoms with Gasteiger partial charge in [0.15, 0.2) is 5.78 Å². The lowest BCUT2D eigenvalue weighted by atomic mass is 9.41. The summed E-state index contributed by atoms with van der Waals surface area (Å²) in [5, 5.41) is 0. The Balaban J connectivity index is 1.15. The van der Waals surface area contributed by atoms with Crippen LogP contribution in [0, 0.1) is 40.4 Å². The van der Waals surface area contributed by atoms with Crippen molar-refractivity contribution in [2.75, 3.05) is 0 Å². The molecule has 2 aliphatic heterocycles. The molecule has 2 aromatic rings. The van der Waals surface area contributed by atoms with Crippen molar-refractivity contribution in [1.29, 1.82) is 0 Å². The lowest BCUT2D eigenvalue weighted by molar-refractivity contribution is -0.306. The van der Waals surface area contributed by atoms with E-state index in [0.29, 0.717) is 41.5 Å². The largest absolute Gasteiger partial charge is 0.363 e. The zero-order chi connectivity index (χ0) is 26.1. The molecule has 0 N–H and O–H groups in total. The van der Waals surface area contributed by atoms with Crippen LogP contribution in [0.3, 0.4) is 0 Å². The minimum atomic E-state index is -0.479. The molecule has 9 atom stereocenters. The Bertz CT molecular complexity index is 1190. The number of hydrogen-bond acceptors (Lipinski definition) is 2. The van der Waals surface area contributed by atoms with E-state index in [1.54, 1.807) is 0 Å². The zero-order valence-electron chi connectivity index (χ0n) is 23.5. The maximum Gasteiger partial charge on any atom is 0.166 e.